The van der Waals surface area contributed by atoms with Crippen molar-refractivity contribution in [3.8, 4) is 0 Å². The van der Waals surface area contributed by atoms with Crippen LogP contribution in [-0.2, 0) is 0 Å². The number of nitrogens with one attached hydrogen (secondary N) is 1. The lowest BCUT2D eigenvalue weighted by atomic mass is 10.1. The highest BCUT2D eigenvalue weighted by Gasteiger charge is 2.19. The first-order valence-corrected chi connectivity index (χ1v) is 10.0. The molecular weight excluding hydrogens is 346 g/mol. The van der Waals surface area contributed by atoms with E-state index >= 15 is 0 Å². The van der Waals surface area contributed by atoms with Gasteiger partial charge in [-0.25, -0.2) is 0 Å². The molecule has 1 fully saturated rings. The predicted molar refractivity (Wildman–Crippen MR) is 101 cm³/mol. The van der Waals surface area contributed by atoms with E-state index in [1.165, 1.54) is 17.1 Å². The maximum atomic E-state index is 12.4. The zero-order valence-corrected chi connectivity index (χ0v) is 15.2. The summed E-state index contributed by atoms with van der Waals surface area (Å²) in [6.07, 6.45) is 0. The molecule has 1 saturated heterocycles. The van der Waals surface area contributed by atoms with E-state index in [4.69, 9.17) is 11.6 Å². The van der Waals surface area contributed by atoms with Gasteiger partial charge in [-0.2, -0.15) is 0 Å². The van der Waals surface area contributed by atoms with Gasteiger partial charge in [0.15, 0.2) is 0 Å². The Balaban J connectivity index is 1.67. The van der Waals surface area contributed by atoms with Crippen LogP contribution in [0.15, 0.2) is 48.5 Å². The minimum atomic E-state index is -0.128. The molecule has 1 aliphatic heterocycles. The number of hydrogen-bond acceptors (Lipinski definition) is 3. The van der Waals surface area contributed by atoms with Crippen molar-refractivity contribution in [1.82, 2.24) is 5.32 Å². The molecule has 0 aliphatic carbocycles. The third-order valence-corrected chi connectivity index (χ3v) is 7.23. The fourth-order valence-electron chi connectivity index (χ4n) is 2.53. The van der Waals surface area contributed by atoms with E-state index in [1.807, 2.05) is 66.8 Å². The highest BCUT2D eigenvalue weighted by molar-refractivity contribution is 8.19. The van der Waals surface area contributed by atoms with E-state index in [9.17, 15) is 4.79 Å². The Labute approximate surface area is 150 Å². The quantitative estimate of drug-likeness (QED) is 0.798. The van der Waals surface area contributed by atoms with Gasteiger partial charge in [0.05, 0.1) is 10.6 Å². The summed E-state index contributed by atoms with van der Waals surface area (Å²) in [5, 5.41) is 3.68. The van der Waals surface area contributed by atoms with Crippen molar-refractivity contribution in [3.63, 3.8) is 0 Å². The summed E-state index contributed by atoms with van der Waals surface area (Å²) in [6, 6.07) is 15.4. The minimum absolute atomic E-state index is 0.0734. The molecule has 1 atom stereocenters. The molecule has 1 N–H and O–H groups in total. The van der Waals surface area contributed by atoms with Crippen LogP contribution in [0, 0.1) is 0 Å². The third kappa shape index (κ3) is 4.06. The van der Waals surface area contributed by atoms with Crippen LogP contribution in [0.1, 0.15) is 39.0 Å². The fourth-order valence-corrected chi connectivity index (χ4v) is 5.69. The summed E-state index contributed by atoms with van der Waals surface area (Å²) in [5.74, 6) is 2.33. The van der Waals surface area contributed by atoms with Crippen molar-refractivity contribution >= 4 is 41.0 Å². The zero-order valence-electron chi connectivity index (χ0n) is 12.8. The van der Waals surface area contributed by atoms with Gasteiger partial charge in [-0.3, -0.25) is 4.79 Å². The van der Waals surface area contributed by atoms with Gasteiger partial charge in [-0.05, 0) is 36.2 Å². The van der Waals surface area contributed by atoms with Crippen LogP contribution in [-0.4, -0.2) is 17.4 Å². The highest BCUT2D eigenvalue weighted by Crippen LogP contribution is 2.45. The molecule has 1 amide bonds. The maximum Gasteiger partial charge on any atom is 0.251 e. The summed E-state index contributed by atoms with van der Waals surface area (Å²) in [4.78, 5) is 12.4. The molecule has 5 heteroatoms. The molecule has 120 valence electrons. The smallest absolute Gasteiger partial charge is 0.251 e. The Morgan fingerprint density at radius 3 is 2.43 bits per heavy atom. The van der Waals surface area contributed by atoms with Crippen molar-refractivity contribution in [2.45, 2.75) is 17.5 Å². The summed E-state index contributed by atoms with van der Waals surface area (Å²) in [7, 11) is 0. The van der Waals surface area contributed by atoms with Crippen LogP contribution in [0.2, 0.25) is 5.02 Å². The number of thioether (sulfide) groups is 2. The summed E-state index contributed by atoms with van der Waals surface area (Å²) in [6.45, 7) is 1.94. The Hall–Kier alpha value is -1.10. The topological polar surface area (TPSA) is 29.1 Å². The van der Waals surface area contributed by atoms with E-state index in [0.29, 0.717) is 15.2 Å². The standard InChI is InChI=1S/C18H18ClNOS2/c1-12(15-4-2-3-5-16(15)19)20-17(21)13-6-8-14(9-7-13)18-22-10-11-23-18/h2-9,12,18H,10-11H2,1H3,(H,20,21). The van der Waals surface area contributed by atoms with Crippen LogP contribution in [0.3, 0.4) is 0 Å². The maximum absolute atomic E-state index is 12.4. The molecule has 1 unspecified atom stereocenters. The zero-order chi connectivity index (χ0) is 16.2. The van der Waals surface area contributed by atoms with Gasteiger partial charge >= 0.3 is 0 Å². The fraction of sp³-hybridized carbons (Fsp3) is 0.278. The van der Waals surface area contributed by atoms with Crippen LogP contribution in [0.5, 0.6) is 0 Å². The highest BCUT2D eigenvalue weighted by atomic mass is 35.5. The third-order valence-electron chi connectivity index (χ3n) is 3.79. The molecule has 2 nitrogen and oxygen atoms in total. The van der Waals surface area contributed by atoms with E-state index in [2.05, 4.69) is 17.4 Å². The number of benzene rings is 2. The predicted octanol–water partition coefficient (Wildman–Crippen LogP) is 5.31. The van der Waals surface area contributed by atoms with Crippen LogP contribution in [0.25, 0.3) is 0 Å². The van der Waals surface area contributed by atoms with Crippen LogP contribution in [0.4, 0.5) is 0 Å². The normalized spacial score (nSPS) is 16.3. The number of hydrogen-bond donors (Lipinski definition) is 1. The Morgan fingerprint density at radius 2 is 1.78 bits per heavy atom. The van der Waals surface area contributed by atoms with Gasteiger partial charge in [0.2, 0.25) is 0 Å². The van der Waals surface area contributed by atoms with E-state index < -0.39 is 0 Å². The van der Waals surface area contributed by atoms with Crippen molar-refractivity contribution in [3.05, 3.63) is 70.2 Å². The molecule has 23 heavy (non-hydrogen) atoms. The first-order chi connectivity index (χ1) is 11.1. The van der Waals surface area contributed by atoms with Crippen molar-refractivity contribution < 1.29 is 4.79 Å². The molecule has 2 aromatic rings. The molecule has 1 heterocycles. The molecule has 0 radical (unpaired) electrons. The molecule has 3 rings (SSSR count). The van der Waals surface area contributed by atoms with Crippen LogP contribution < -0.4 is 5.32 Å². The van der Waals surface area contributed by atoms with Gasteiger partial charge < -0.3 is 5.32 Å². The summed E-state index contributed by atoms with van der Waals surface area (Å²) in [5.41, 5.74) is 2.90. The number of rotatable bonds is 4. The summed E-state index contributed by atoms with van der Waals surface area (Å²) >= 11 is 10.1. The lowest BCUT2D eigenvalue weighted by Crippen LogP contribution is -2.26. The molecule has 0 spiro atoms. The van der Waals surface area contributed by atoms with Gasteiger partial charge in [-0.1, -0.05) is 41.9 Å². The largest absolute Gasteiger partial charge is 0.345 e. The monoisotopic (exact) mass is 363 g/mol. The second-order valence-electron chi connectivity index (χ2n) is 5.41. The Kier molecular flexibility index (Phi) is 5.57. The average molecular weight is 364 g/mol. The summed E-state index contributed by atoms with van der Waals surface area (Å²) < 4.78 is 0.508. The van der Waals surface area contributed by atoms with Gasteiger partial charge in [0.25, 0.3) is 5.91 Å². The lowest BCUT2D eigenvalue weighted by Gasteiger charge is -2.16. The van der Waals surface area contributed by atoms with E-state index in [-0.39, 0.29) is 11.9 Å². The van der Waals surface area contributed by atoms with Gasteiger partial charge in [0, 0.05) is 22.1 Å². The van der Waals surface area contributed by atoms with Gasteiger partial charge in [0.1, 0.15) is 0 Å². The Bertz CT molecular complexity index is 684. The van der Waals surface area contributed by atoms with E-state index in [0.717, 1.165) is 5.56 Å². The molecule has 0 bridgehead atoms. The first kappa shape index (κ1) is 16.7. The minimum Gasteiger partial charge on any atom is -0.345 e. The average Bonchev–Trinajstić information content (AvgIpc) is 3.09. The number of amides is 1. The Morgan fingerprint density at radius 1 is 1.13 bits per heavy atom. The van der Waals surface area contributed by atoms with Crippen LogP contribution >= 0.6 is 35.1 Å². The molecular formula is C18H18ClNOS2. The number of carbonyl (C=O) groups excluding carboxylic acids is 1. The lowest BCUT2D eigenvalue weighted by molar-refractivity contribution is 0.0940. The molecule has 0 saturated carbocycles. The SMILES string of the molecule is CC(NC(=O)c1ccc(C2SCCS2)cc1)c1ccccc1Cl. The van der Waals surface area contributed by atoms with Crippen molar-refractivity contribution in [2.75, 3.05) is 11.5 Å². The molecule has 1 aliphatic rings. The molecule has 0 aromatic heterocycles. The second-order valence-corrected chi connectivity index (χ2v) is 8.54. The molecule has 2 aromatic carbocycles. The first-order valence-electron chi connectivity index (χ1n) is 7.53. The van der Waals surface area contributed by atoms with Crippen molar-refractivity contribution in [1.29, 1.82) is 0 Å². The van der Waals surface area contributed by atoms with E-state index in [1.54, 1.807) is 0 Å². The number of halogens is 1. The second kappa shape index (κ2) is 7.65. The van der Waals surface area contributed by atoms with Gasteiger partial charge in [-0.15, -0.1) is 23.5 Å². The number of carbonyl (C=O) groups is 1. The van der Waals surface area contributed by atoms with Crippen molar-refractivity contribution in [2.24, 2.45) is 0 Å².